The standard InChI is InChI=1S/C18H23N3O3/c1-11(2)13-6-7-20-17(13)18(22)21-12-4-5-14(15(8-12)23-3)16-9-19-10-24-16/h4-5,8-11,13,17,20H,6-7H2,1-3H3,(H,21,22)/t13-,17-/m1/s1. The van der Waals surface area contributed by atoms with Crippen molar-refractivity contribution in [2.24, 2.45) is 11.8 Å². The zero-order valence-electron chi connectivity index (χ0n) is 14.2. The van der Waals surface area contributed by atoms with Crippen LogP contribution in [0.25, 0.3) is 11.3 Å². The summed E-state index contributed by atoms with van der Waals surface area (Å²) in [6.45, 7) is 5.20. The van der Waals surface area contributed by atoms with E-state index >= 15 is 0 Å². The molecular weight excluding hydrogens is 306 g/mol. The van der Waals surface area contributed by atoms with Crippen LogP contribution in [0.4, 0.5) is 5.69 Å². The minimum atomic E-state index is -0.148. The number of nitrogens with one attached hydrogen (secondary N) is 2. The Morgan fingerprint density at radius 3 is 2.96 bits per heavy atom. The average Bonchev–Trinajstić information content (AvgIpc) is 3.26. The fourth-order valence-corrected chi connectivity index (χ4v) is 3.27. The maximum Gasteiger partial charge on any atom is 0.241 e. The van der Waals surface area contributed by atoms with Gasteiger partial charge in [-0.25, -0.2) is 4.98 Å². The number of anilines is 1. The van der Waals surface area contributed by atoms with Gasteiger partial charge in [-0.1, -0.05) is 13.8 Å². The van der Waals surface area contributed by atoms with Gasteiger partial charge >= 0.3 is 0 Å². The number of hydrogen-bond donors (Lipinski definition) is 2. The van der Waals surface area contributed by atoms with E-state index in [2.05, 4.69) is 29.5 Å². The lowest BCUT2D eigenvalue weighted by Gasteiger charge is -2.22. The van der Waals surface area contributed by atoms with E-state index in [4.69, 9.17) is 9.15 Å². The molecule has 6 heteroatoms. The van der Waals surface area contributed by atoms with Gasteiger partial charge in [0.25, 0.3) is 0 Å². The van der Waals surface area contributed by atoms with Crippen LogP contribution in [0, 0.1) is 11.8 Å². The Bertz CT molecular complexity index is 698. The number of ether oxygens (including phenoxy) is 1. The molecule has 0 radical (unpaired) electrons. The van der Waals surface area contributed by atoms with Crippen LogP contribution < -0.4 is 15.4 Å². The minimum absolute atomic E-state index is 0.000619. The van der Waals surface area contributed by atoms with Gasteiger partial charge in [-0.2, -0.15) is 0 Å². The fourth-order valence-electron chi connectivity index (χ4n) is 3.27. The second-order valence-corrected chi connectivity index (χ2v) is 6.40. The zero-order valence-corrected chi connectivity index (χ0v) is 14.2. The Morgan fingerprint density at radius 2 is 2.29 bits per heavy atom. The summed E-state index contributed by atoms with van der Waals surface area (Å²) in [7, 11) is 1.59. The number of oxazole rings is 1. The number of carbonyl (C=O) groups is 1. The lowest BCUT2D eigenvalue weighted by molar-refractivity contribution is -0.119. The highest BCUT2D eigenvalue weighted by atomic mass is 16.5. The van der Waals surface area contributed by atoms with Crippen molar-refractivity contribution in [1.82, 2.24) is 10.3 Å². The van der Waals surface area contributed by atoms with Crippen LogP contribution in [-0.4, -0.2) is 30.6 Å². The normalized spacial score (nSPS) is 20.3. The molecule has 24 heavy (non-hydrogen) atoms. The van der Waals surface area contributed by atoms with Crippen LogP contribution in [0.1, 0.15) is 20.3 Å². The van der Waals surface area contributed by atoms with E-state index in [1.54, 1.807) is 19.4 Å². The summed E-state index contributed by atoms with van der Waals surface area (Å²) in [6.07, 6.45) is 4.04. The van der Waals surface area contributed by atoms with Crippen LogP contribution in [0.3, 0.4) is 0 Å². The second-order valence-electron chi connectivity index (χ2n) is 6.40. The first-order valence-corrected chi connectivity index (χ1v) is 8.21. The highest BCUT2D eigenvalue weighted by Crippen LogP contribution is 2.32. The van der Waals surface area contributed by atoms with E-state index < -0.39 is 0 Å². The largest absolute Gasteiger partial charge is 0.496 e. The molecule has 1 fully saturated rings. The molecule has 0 aliphatic carbocycles. The zero-order chi connectivity index (χ0) is 17.1. The number of carbonyl (C=O) groups excluding carboxylic acids is 1. The second kappa shape index (κ2) is 7.05. The molecule has 1 aromatic heterocycles. The van der Waals surface area contributed by atoms with Gasteiger partial charge in [0.2, 0.25) is 5.91 Å². The van der Waals surface area contributed by atoms with Gasteiger partial charge in [0.15, 0.2) is 12.2 Å². The third-order valence-corrected chi connectivity index (χ3v) is 4.58. The molecule has 1 aliphatic heterocycles. The van der Waals surface area contributed by atoms with Crippen molar-refractivity contribution < 1.29 is 13.9 Å². The first-order chi connectivity index (χ1) is 11.6. The summed E-state index contributed by atoms with van der Waals surface area (Å²) in [5, 5.41) is 6.29. The van der Waals surface area contributed by atoms with Crippen molar-refractivity contribution in [2.75, 3.05) is 19.0 Å². The number of aromatic nitrogens is 1. The smallest absolute Gasteiger partial charge is 0.241 e. The molecule has 1 saturated heterocycles. The Kier molecular flexibility index (Phi) is 4.85. The molecule has 3 rings (SSSR count). The molecule has 1 aromatic carbocycles. The van der Waals surface area contributed by atoms with Crippen LogP contribution in [0.2, 0.25) is 0 Å². The summed E-state index contributed by atoms with van der Waals surface area (Å²) >= 11 is 0. The fraction of sp³-hybridized carbons (Fsp3) is 0.444. The molecule has 128 valence electrons. The predicted octanol–water partition coefficient (Wildman–Crippen LogP) is 2.92. The Morgan fingerprint density at radius 1 is 1.46 bits per heavy atom. The topological polar surface area (TPSA) is 76.4 Å². The molecule has 2 atom stereocenters. The van der Waals surface area contributed by atoms with Gasteiger partial charge in [-0.15, -0.1) is 0 Å². The average molecular weight is 329 g/mol. The van der Waals surface area contributed by atoms with Gasteiger partial charge in [0.05, 0.1) is 24.9 Å². The first kappa shape index (κ1) is 16.5. The SMILES string of the molecule is COc1cc(NC(=O)[C@@H]2NCC[C@@H]2C(C)C)ccc1-c1cnco1. The van der Waals surface area contributed by atoms with Crippen molar-refractivity contribution >= 4 is 11.6 Å². The predicted molar refractivity (Wildman–Crippen MR) is 91.9 cm³/mol. The maximum absolute atomic E-state index is 12.6. The highest BCUT2D eigenvalue weighted by molar-refractivity contribution is 5.95. The van der Waals surface area contributed by atoms with Gasteiger partial charge in [-0.05, 0) is 36.9 Å². The number of methoxy groups -OCH3 is 1. The third-order valence-electron chi connectivity index (χ3n) is 4.58. The first-order valence-electron chi connectivity index (χ1n) is 8.21. The minimum Gasteiger partial charge on any atom is -0.496 e. The van der Waals surface area contributed by atoms with E-state index in [-0.39, 0.29) is 11.9 Å². The lowest BCUT2D eigenvalue weighted by Crippen LogP contribution is -2.41. The Labute approximate surface area is 141 Å². The van der Waals surface area contributed by atoms with E-state index in [0.717, 1.165) is 18.5 Å². The molecule has 0 bridgehead atoms. The van der Waals surface area contributed by atoms with Crippen molar-refractivity contribution in [3.63, 3.8) is 0 Å². The summed E-state index contributed by atoms with van der Waals surface area (Å²) in [5.41, 5.74) is 1.50. The summed E-state index contributed by atoms with van der Waals surface area (Å²) in [5.74, 6) is 2.09. The van der Waals surface area contributed by atoms with Crippen molar-refractivity contribution in [3.05, 3.63) is 30.8 Å². The lowest BCUT2D eigenvalue weighted by atomic mass is 9.88. The summed E-state index contributed by atoms with van der Waals surface area (Å²) in [4.78, 5) is 16.5. The monoisotopic (exact) mass is 329 g/mol. The molecule has 2 aromatic rings. The van der Waals surface area contributed by atoms with E-state index in [9.17, 15) is 4.79 Å². The van der Waals surface area contributed by atoms with E-state index in [0.29, 0.717) is 29.0 Å². The molecule has 6 nitrogen and oxygen atoms in total. The van der Waals surface area contributed by atoms with Crippen LogP contribution in [0.5, 0.6) is 5.75 Å². The van der Waals surface area contributed by atoms with Crippen molar-refractivity contribution in [3.8, 4) is 17.1 Å². The van der Waals surface area contributed by atoms with E-state index in [1.165, 1.54) is 6.39 Å². The Balaban J connectivity index is 1.77. The molecule has 0 spiro atoms. The quantitative estimate of drug-likeness (QED) is 0.882. The molecule has 1 aliphatic rings. The summed E-state index contributed by atoms with van der Waals surface area (Å²) < 4.78 is 10.7. The molecule has 2 N–H and O–H groups in total. The van der Waals surface area contributed by atoms with Crippen molar-refractivity contribution in [1.29, 1.82) is 0 Å². The van der Waals surface area contributed by atoms with Gasteiger partial charge in [0, 0.05) is 11.8 Å². The van der Waals surface area contributed by atoms with Crippen LogP contribution >= 0.6 is 0 Å². The summed E-state index contributed by atoms with van der Waals surface area (Å²) in [6, 6.07) is 5.36. The van der Waals surface area contributed by atoms with E-state index in [1.807, 2.05) is 12.1 Å². The van der Waals surface area contributed by atoms with Gasteiger partial charge in [-0.3, -0.25) is 4.79 Å². The van der Waals surface area contributed by atoms with Crippen LogP contribution in [0.15, 0.2) is 35.2 Å². The molecule has 2 heterocycles. The number of hydrogen-bond acceptors (Lipinski definition) is 5. The van der Waals surface area contributed by atoms with Gasteiger partial charge < -0.3 is 19.8 Å². The number of nitrogens with zero attached hydrogens (tertiary/aromatic N) is 1. The molecule has 0 saturated carbocycles. The van der Waals surface area contributed by atoms with Crippen LogP contribution in [-0.2, 0) is 4.79 Å². The molecular formula is C18H23N3O3. The third kappa shape index (κ3) is 3.28. The molecule has 1 amide bonds. The number of benzene rings is 1. The number of rotatable bonds is 5. The molecule has 0 unspecified atom stereocenters. The number of amides is 1. The Hall–Kier alpha value is -2.34. The van der Waals surface area contributed by atoms with Crippen molar-refractivity contribution in [2.45, 2.75) is 26.3 Å². The highest BCUT2D eigenvalue weighted by Gasteiger charge is 2.34. The maximum atomic E-state index is 12.6. The van der Waals surface area contributed by atoms with Gasteiger partial charge in [0.1, 0.15) is 5.75 Å².